The van der Waals surface area contributed by atoms with Gasteiger partial charge in [-0.2, -0.15) is 0 Å². The zero-order valence-electron chi connectivity index (χ0n) is 12.1. The van der Waals surface area contributed by atoms with Crippen molar-refractivity contribution in [3.8, 4) is 0 Å². The summed E-state index contributed by atoms with van der Waals surface area (Å²) in [5.41, 5.74) is 0. The first-order valence-electron chi connectivity index (χ1n) is 7.28. The fourth-order valence-corrected chi connectivity index (χ4v) is 2.75. The molecule has 112 valence electrons. The van der Waals surface area contributed by atoms with Gasteiger partial charge in [0.25, 0.3) is 0 Å². The van der Waals surface area contributed by atoms with Gasteiger partial charge in [-0.3, -0.25) is 9.69 Å². The average molecular weight is 280 g/mol. The maximum atomic E-state index is 12.2. The standard InChI is InChI=1S/C15H24N2O3/c1-16(11-14-5-3-9-20-14)15(19)12-17-7-2-4-13(10-17)6-8-18/h3,5,9,13,18H,2,4,6-8,10-12H2,1H3. The molecule has 1 aliphatic heterocycles. The summed E-state index contributed by atoms with van der Waals surface area (Å²) in [4.78, 5) is 16.1. The molecule has 0 bridgehead atoms. The van der Waals surface area contributed by atoms with E-state index in [2.05, 4.69) is 4.90 Å². The Morgan fingerprint density at radius 2 is 2.45 bits per heavy atom. The molecule has 2 heterocycles. The molecule has 20 heavy (non-hydrogen) atoms. The van der Waals surface area contributed by atoms with Gasteiger partial charge < -0.3 is 14.4 Å². The lowest BCUT2D eigenvalue weighted by atomic mass is 9.95. The number of carbonyl (C=O) groups excluding carboxylic acids is 1. The third-order valence-corrected chi connectivity index (χ3v) is 3.90. The van der Waals surface area contributed by atoms with Gasteiger partial charge in [-0.25, -0.2) is 0 Å². The first kappa shape index (κ1) is 15.1. The number of furan rings is 1. The molecule has 5 nitrogen and oxygen atoms in total. The Morgan fingerprint density at radius 3 is 3.15 bits per heavy atom. The number of amides is 1. The van der Waals surface area contributed by atoms with E-state index < -0.39 is 0 Å². The third kappa shape index (κ3) is 4.35. The second-order valence-corrected chi connectivity index (χ2v) is 5.58. The van der Waals surface area contributed by atoms with E-state index in [9.17, 15) is 4.79 Å². The number of likely N-dealkylation sites (tertiary alicyclic amines) is 1. The number of aliphatic hydroxyl groups excluding tert-OH is 1. The van der Waals surface area contributed by atoms with Gasteiger partial charge in [0.1, 0.15) is 5.76 Å². The van der Waals surface area contributed by atoms with E-state index in [-0.39, 0.29) is 12.5 Å². The van der Waals surface area contributed by atoms with E-state index in [1.54, 1.807) is 18.2 Å². The van der Waals surface area contributed by atoms with E-state index in [1.807, 2.05) is 12.1 Å². The zero-order valence-corrected chi connectivity index (χ0v) is 12.1. The monoisotopic (exact) mass is 280 g/mol. The zero-order chi connectivity index (χ0) is 14.4. The third-order valence-electron chi connectivity index (χ3n) is 3.90. The number of rotatable bonds is 6. The highest BCUT2D eigenvalue weighted by Crippen LogP contribution is 2.19. The molecule has 1 aliphatic rings. The number of hydrogen-bond acceptors (Lipinski definition) is 4. The fraction of sp³-hybridized carbons (Fsp3) is 0.667. The molecule has 1 saturated heterocycles. The van der Waals surface area contributed by atoms with Crippen LogP contribution in [0.1, 0.15) is 25.0 Å². The fourth-order valence-electron chi connectivity index (χ4n) is 2.75. The van der Waals surface area contributed by atoms with Crippen molar-refractivity contribution in [2.75, 3.05) is 33.3 Å². The van der Waals surface area contributed by atoms with Crippen molar-refractivity contribution < 1.29 is 14.3 Å². The van der Waals surface area contributed by atoms with Crippen LogP contribution < -0.4 is 0 Å². The van der Waals surface area contributed by atoms with Crippen molar-refractivity contribution in [1.82, 2.24) is 9.80 Å². The Bertz CT molecular complexity index is 403. The summed E-state index contributed by atoms with van der Waals surface area (Å²) in [5.74, 6) is 1.45. The van der Waals surface area contributed by atoms with Crippen molar-refractivity contribution in [3.63, 3.8) is 0 Å². The van der Waals surface area contributed by atoms with Crippen molar-refractivity contribution in [3.05, 3.63) is 24.2 Å². The van der Waals surface area contributed by atoms with E-state index >= 15 is 0 Å². The van der Waals surface area contributed by atoms with Crippen LogP contribution in [0.25, 0.3) is 0 Å². The summed E-state index contributed by atoms with van der Waals surface area (Å²) in [6, 6.07) is 3.71. The lowest BCUT2D eigenvalue weighted by molar-refractivity contribution is -0.132. The van der Waals surface area contributed by atoms with Crippen molar-refractivity contribution in [2.24, 2.45) is 5.92 Å². The van der Waals surface area contributed by atoms with Crippen molar-refractivity contribution in [1.29, 1.82) is 0 Å². The van der Waals surface area contributed by atoms with Gasteiger partial charge in [-0.1, -0.05) is 0 Å². The largest absolute Gasteiger partial charge is 0.467 e. The number of likely N-dealkylation sites (N-methyl/N-ethyl adjacent to an activating group) is 1. The van der Waals surface area contributed by atoms with Gasteiger partial charge in [0, 0.05) is 20.2 Å². The van der Waals surface area contributed by atoms with E-state index in [4.69, 9.17) is 9.52 Å². The maximum absolute atomic E-state index is 12.2. The minimum absolute atomic E-state index is 0.117. The molecule has 1 N–H and O–H groups in total. The Morgan fingerprint density at radius 1 is 1.60 bits per heavy atom. The van der Waals surface area contributed by atoms with Gasteiger partial charge in [0.2, 0.25) is 5.91 Å². The van der Waals surface area contributed by atoms with Crippen LogP contribution in [0.2, 0.25) is 0 Å². The number of hydrogen-bond donors (Lipinski definition) is 1. The molecule has 0 aliphatic carbocycles. The maximum Gasteiger partial charge on any atom is 0.236 e. The quantitative estimate of drug-likeness (QED) is 0.854. The predicted octanol–water partition coefficient (Wildman–Crippen LogP) is 1.33. The molecule has 5 heteroatoms. The van der Waals surface area contributed by atoms with E-state index in [0.717, 1.165) is 38.1 Å². The van der Waals surface area contributed by atoms with Gasteiger partial charge in [-0.05, 0) is 43.9 Å². The normalized spacial score (nSPS) is 20.0. The first-order valence-corrected chi connectivity index (χ1v) is 7.28. The van der Waals surface area contributed by atoms with Crippen LogP contribution >= 0.6 is 0 Å². The summed E-state index contributed by atoms with van der Waals surface area (Å²) in [6.45, 7) is 3.10. The van der Waals surface area contributed by atoms with Gasteiger partial charge in [0.05, 0.1) is 19.4 Å². The van der Waals surface area contributed by atoms with Crippen LogP contribution in [0.4, 0.5) is 0 Å². The Labute approximate surface area is 120 Å². The highest BCUT2D eigenvalue weighted by molar-refractivity contribution is 5.77. The molecule has 0 radical (unpaired) electrons. The van der Waals surface area contributed by atoms with Crippen LogP contribution in [0, 0.1) is 5.92 Å². The van der Waals surface area contributed by atoms with Gasteiger partial charge in [-0.15, -0.1) is 0 Å². The minimum atomic E-state index is 0.117. The molecule has 0 aromatic carbocycles. The summed E-state index contributed by atoms with van der Waals surface area (Å²) >= 11 is 0. The molecule has 1 unspecified atom stereocenters. The van der Waals surface area contributed by atoms with Crippen molar-refractivity contribution in [2.45, 2.75) is 25.8 Å². The second kappa shape index (κ2) is 7.45. The first-order chi connectivity index (χ1) is 9.69. The van der Waals surface area contributed by atoms with Crippen LogP contribution in [0.15, 0.2) is 22.8 Å². The van der Waals surface area contributed by atoms with Gasteiger partial charge in [0.15, 0.2) is 0 Å². The van der Waals surface area contributed by atoms with Crippen LogP contribution in [0.5, 0.6) is 0 Å². The number of nitrogens with zero attached hydrogens (tertiary/aromatic N) is 2. The van der Waals surface area contributed by atoms with E-state index in [1.165, 1.54) is 0 Å². The molecule has 2 rings (SSSR count). The minimum Gasteiger partial charge on any atom is -0.467 e. The number of carbonyl (C=O) groups is 1. The molecule has 1 amide bonds. The number of piperidine rings is 1. The molecular weight excluding hydrogens is 256 g/mol. The summed E-state index contributed by atoms with van der Waals surface area (Å²) in [6.07, 6.45) is 4.73. The molecular formula is C15H24N2O3. The Hall–Kier alpha value is -1.33. The second-order valence-electron chi connectivity index (χ2n) is 5.58. The van der Waals surface area contributed by atoms with Crippen molar-refractivity contribution >= 4 is 5.91 Å². The number of aliphatic hydroxyl groups is 1. The molecule has 1 atom stereocenters. The predicted molar refractivity (Wildman–Crippen MR) is 76.0 cm³/mol. The average Bonchev–Trinajstić information content (AvgIpc) is 2.92. The SMILES string of the molecule is CN(Cc1ccco1)C(=O)CN1CCCC(CCO)C1. The highest BCUT2D eigenvalue weighted by atomic mass is 16.3. The van der Waals surface area contributed by atoms with Crippen LogP contribution in [0.3, 0.4) is 0 Å². The van der Waals surface area contributed by atoms with Gasteiger partial charge >= 0.3 is 0 Å². The summed E-state index contributed by atoms with van der Waals surface area (Å²) < 4.78 is 5.26. The summed E-state index contributed by atoms with van der Waals surface area (Å²) in [5, 5.41) is 9.01. The smallest absolute Gasteiger partial charge is 0.236 e. The Balaban J connectivity index is 1.78. The van der Waals surface area contributed by atoms with Crippen LogP contribution in [-0.4, -0.2) is 54.1 Å². The van der Waals surface area contributed by atoms with E-state index in [0.29, 0.717) is 19.0 Å². The Kier molecular flexibility index (Phi) is 5.61. The highest BCUT2D eigenvalue weighted by Gasteiger charge is 2.22. The van der Waals surface area contributed by atoms with Crippen LogP contribution in [-0.2, 0) is 11.3 Å². The molecule has 0 saturated carbocycles. The molecule has 1 aromatic heterocycles. The lowest BCUT2D eigenvalue weighted by Gasteiger charge is -2.32. The lowest BCUT2D eigenvalue weighted by Crippen LogP contribution is -2.43. The summed E-state index contributed by atoms with van der Waals surface area (Å²) in [7, 11) is 1.81. The topological polar surface area (TPSA) is 56.9 Å². The molecule has 1 fully saturated rings. The molecule has 0 spiro atoms. The molecule has 1 aromatic rings.